The average Bonchev–Trinajstić information content (AvgIpc) is 3.14. The Bertz CT molecular complexity index is 1130. The fourth-order valence-electron chi connectivity index (χ4n) is 3.77. The SMILES string of the molecule is Cc1ccn2c(C(CC(=O)NCc3ccccc3)c3ccccc3C)cnc2c1. The van der Waals surface area contributed by atoms with E-state index in [1.165, 1.54) is 11.1 Å². The molecule has 2 aromatic heterocycles. The maximum absolute atomic E-state index is 12.9. The lowest BCUT2D eigenvalue weighted by Gasteiger charge is -2.19. The first-order chi connectivity index (χ1) is 14.1. The summed E-state index contributed by atoms with van der Waals surface area (Å²) in [6.07, 6.45) is 4.32. The minimum atomic E-state index is -0.0651. The Morgan fingerprint density at radius 3 is 2.59 bits per heavy atom. The summed E-state index contributed by atoms with van der Waals surface area (Å²) >= 11 is 0. The molecule has 1 N–H and O–H groups in total. The van der Waals surface area contributed by atoms with Crippen molar-refractivity contribution < 1.29 is 4.79 Å². The van der Waals surface area contributed by atoms with Gasteiger partial charge in [-0.15, -0.1) is 0 Å². The zero-order chi connectivity index (χ0) is 20.2. The van der Waals surface area contributed by atoms with E-state index >= 15 is 0 Å². The van der Waals surface area contributed by atoms with Gasteiger partial charge in [-0.05, 0) is 48.2 Å². The standard InChI is InChI=1S/C25H25N3O/c1-18-12-13-28-23(17-26-24(28)14-18)22(21-11-7-6-8-19(21)2)15-25(29)27-16-20-9-4-3-5-10-20/h3-14,17,22H,15-16H2,1-2H3,(H,27,29). The van der Waals surface area contributed by atoms with Crippen molar-refractivity contribution in [2.45, 2.75) is 32.7 Å². The van der Waals surface area contributed by atoms with Crippen molar-refractivity contribution in [3.05, 3.63) is 107 Å². The topological polar surface area (TPSA) is 46.4 Å². The second-order valence-corrected chi connectivity index (χ2v) is 7.49. The molecule has 4 heteroatoms. The first kappa shape index (κ1) is 18.9. The van der Waals surface area contributed by atoms with Crippen LogP contribution in [0.4, 0.5) is 0 Å². The molecule has 2 heterocycles. The molecular weight excluding hydrogens is 358 g/mol. The number of hydrogen-bond donors (Lipinski definition) is 1. The molecule has 0 aliphatic carbocycles. The zero-order valence-corrected chi connectivity index (χ0v) is 16.8. The Labute approximate surface area is 171 Å². The van der Waals surface area contributed by atoms with Crippen LogP contribution in [0.15, 0.2) is 79.1 Å². The first-order valence-electron chi connectivity index (χ1n) is 9.91. The van der Waals surface area contributed by atoms with Crippen molar-refractivity contribution in [1.82, 2.24) is 14.7 Å². The highest BCUT2D eigenvalue weighted by atomic mass is 16.1. The number of fused-ring (bicyclic) bond motifs is 1. The minimum absolute atomic E-state index is 0.0316. The smallest absolute Gasteiger partial charge is 0.221 e. The predicted molar refractivity (Wildman–Crippen MR) is 116 cm³/mol. The molecule has 0 spiro atoms. The Morgan fingerprint density at radius 2 is 1.79 bits per heavy atom. The number of aromatic nitrogens is 2. The molecule has 1 amide bonds. The number of aryl methyl sites for hydroxylation is 2. The van der Waals surface area contributed by atoms with Crippen LogP contribution in [0.2, 0.25) is 0 Å². The van der Waals surface area contributed by atoms with E-state index in [1.54, 1.807) is 0 Å². The molecule has 4 nitrogen and oxygen atoms in total. The molecule has 2 aromatic carbocycles. The Balaban J connectivity index is 1.64. The van der Waals surface area contributed by atoms with E-state index in [1.807, 2.05) is 54.9 Å². The lowest BCUT2D eigenvalue weighted by atomic mass is 9.89. The van der Waals surface area contributed by atoms with Gasteiger partial charge in [0.25, 0.3) is 0 Å². The van der Waals surface area contributed by atoms with Gasteiger partial charge in [0.05, 0.1) is 5.69 Å². The largest absolute Gasteiger partial charge is 0.352 e. The summed E-state index contributed by atoms with van der Waals surface area (Å²) in [6.45, 7) is 4.69. The van der Waals surface area contributed by atoms with Gasteiger partial charge < -0.3 is 9.72 Å². The molecule has 4 aromatic rings. The van der Waals surface area contributed by atoms with Crippen molar-refractivity contribution in [3.8, 4) is 0 Å². The monoisotopic (exact) mass is 383 g/mol. The summed E-state index contributed by atoms with van der Waals surface area (Å²) in [5, 5.41) is 3.07. The fourth-order valence-corrected chi connectivity index (χ4v) is 3.77. The van der Waals surface area contributed by atoms with Gasteiger partial charge in [-0.25, -0.2) is 4.98 Å². The zero-order valence-electron chi connectivity index (χ0n) is 16.8. The summed E-state index contributed by atoms with van der Waals surface area (Å²) in [5.41, 5.74) is 6.54. The van der Waals surface area contributed by atoms with E-state index in [0.717, 1.165) is 22.5 Å². The summed E-state index contributed by atoms with van der Waals surface area (Å²) in [7, 11) is 0. The number of pyridine rings is 1. The molecule has 0 saturated heterocycles. The molecule has 0 saturated carbocycles. The molecule has 4 rings (SSSR count). The Kier molecular flexibility index (Phi) is 5.43. The average molecular weight is 383 g/mol. The van der Waals surface area contributed by atoms with Gasteiger partial charge in [0.1, 0.15) is 5.65 Å². The summed E-state index contributed by atoms with van der Waals surface area (Å²) < 4.78 is 2.09. The number of nitrogens with one attached hydrogen (secondary N) is 1. The second-order valence-electron chi connectivity index (χ2n) is 7.49. The van der Waals surface area contributed by atoms with Gasteiger partial charge in [-0.3, -0.25) is 4.79 Å². The van der Waals surface area contributed by atoms with Crippen LogP contribution in [0.3, 0.4) is 0 Å². The number of carbonyl (C=O) groups is 1. The summed E-state index contributed by atoms with van der Waals surface area (Å²) in [4.78, 5) is 17.4. The highest BCUT2D eigenvalue weighted by Gasteiger charge is 2.23. The highest BCUT2D eigenvalue weighted by Crippen LogP contribution is 2.31. The molecule has 146 valence electrons. The molecule has 29 heavy (non-hydrogen) atoms. The van der Waals surface area contributed by atoms with E-state index in [2.05, 4.69) is 52.8 Å². The van der Waals surface area contributed by atoms with Crippen molar-refractivity contribution in [1.29, 1.82) is 0 Å². The quantitative estimate of drug-likeness (QED) is 0.520. The van der Waals surface area contributed by atoms with Crippen LogP contribution in [0.1, 0.15) is 40.3 Å². The van der Waals surface area contributed by atoms with Crippen molar-refractivity contribution >= 4 is 11.6 Å². The third-order valence-corrected chi connectivity index (χ3v) is 5.34. The van der Waals surface area contributed by atoms with Gasteiger partial charge in [0.2, 0.25) is 5.91 Å². The number of nitrogens with zero attached hydrogens (tertiary/aromatic N) is 2. The van der Waals surface area contributed by atoms with E-state index in [9.17, 15) is 4.79 Å². The number of imidazole rings is 1. The van der Waals surface area contributed by atoms with Crippen LogP contribution >= 0.6 is 0 Å². The first-order valence-corrected chi connectivity index (χ1v) is 9.91. The van der Waals surface area contributed by atoms with Gasteiger partial charge >= 0.3 is 0 Å². The third kappa shape index (κ3) is 4.21. The van der Waals surface area contributed by atoms with Gasteiger partial charge in [0.15, 0.2) is 0 Å². The predicted octanol–water partition coefficient (Wildman–Crippen LogP) is 4.79. The van der Waals surface area contributed by atoms with E-state index in [0.29, 0.717) is 13.0 Å². The highest BCUT2D eigenvalue weighted by molar-refractivity contribution is 5.77. The number of hydrogen-bond acceptors (Lipinski definition) is 2. The number of benzene rings is 2. The third-order valence-electron chi connectivity index (χ3n) is 5.34. The van der Waals surface area contributed by atoms with Crippen LogP contribution in [0, 0.1) is 13.8 Å². The maximum Gasteiger partial charge on any atom is 0.221 e. The van der Waals surface area contributed by atoms with Gasteiger partial charge in [-0.1, -0.05) is 54.6 Å². The van der Waals surface area contributed by atoms with Gasteiger partial charge in [-0.2, -0.15) is 0 Å². The van der Waals surface area contributed by atoms with Crippen LogP contribution in [0.25, 0.3) is 5.65 Å². The molecule has 0 fully saturated rings. The van der Waals surface area contributed by atoms with Crippen molar-refractivity contribution in [2.24, 2.45) is 0 Å². The van der Waals surface area contributed by atoms with Crippen LogP contribution < -0.4 is 5.32 Å². The molecule has 0 aliphatic heterocycles. The normalized spacial score (nSPS) is 12.1. The minimum Gasteiger partial charge on any atom is -0.352 e. The summed E-state index contributed by atoms with van der Waals surface area (Å²) in [6, 6.07) is 22.4. The number of rotatable bonds is 6. The van der Waals surface area contributed by atoms with E-state index < -0.39 is 0 Å². The van der Waals surface area contributed by atoms with Crippen molar-refractivity contribution in [2.75, 3.05) is 0 Å². The lowest BCUT2D eigenvalue weighted by Crippen LogP contribution is -2.25. The number of amides is 1. The molecule has 0 radical (unpaired) electrons. The second kappa shape index (κ2) is 8.31. The Morgan fingerprint density at radius 1 is 1.03 bits per heavy atom. The summed E-state index contributed by atoms with van der Waals surface area (Å²) in [5.74, 6) is -0.0335. The number of carbonyl (C=O) groups excluding carboxylic acids is 1. The molecule has 1 atom stereocenters. The molecule has 1 unspecified atom stereocenters. The van der Waals surface area contributed by atoms with Crippen LogP contribution in [-0.2, 0) is 11.3 Å². The lowest BCUT2D eigenvalue weighted by molar-refractivity contribution is -0.121. The molecule has 0 aliphatic rings. The Hall–Kier alpha value is -3.40. The fraction of sp³-hybridized carbons (Fsp3) is 0.200. The maximum atomic E-state index is 12.9. The van der Waals surface area contributed by atoms with E-state index in [-0.39, 0.29) is 11.8 Å². The van der Waals surface area contributed by atoms with Gasteiger partial charge in [0, 0.05) is 31.3 Å². The van der Waals surface area contributed by atoms with Crippen LogP contribution in [-0.4, -0.2) is 15.3 Å². The van der Waals surface area contributed by atoms with Crippen LogP contribution in [0.5, 0.6) is 0 Å². The van der Waals surface area contributed by atoms with Crippen molar-refractivity contribution in [3.63, 3.8) is 0 Å². The molecule has 0 bridgehead atoms. The van der Waals surface area contributed by atoms with E-state index in [4.69, 9.17) is 0 Å². The molecular formula is C25H25N3O.